The lowest BCUT2D eigenvalue weighted by Gasteiger charge is -2.19. The minimum absolute atomic E-state index is 0.140. The predicted molar refractivity (Wildman–Crippen MR) is 90.6 cm³/mol. The highest BCUT2D eigenvalue weighted by molar-refractivity contribution is 5.98. The molecular formula is C19H17F3N2O2. The molecule has 0 aromatic heterocycles. The maximum absolute atomic E-state index is 14.3. The van der Waals surface area contributed by atoms with Crippen molar-refractivity contribution in [2.75, 3.05) is 5.32 Å². The van der Waals surface area contributed by atoms with E-state index in [2.05, 4.69) is 10.6 Å². The van der Waals surface area contributed by atoms with E-state index in [0.717, 1.165) is 6.07 Å². The summed E-state index contributed by atoms with van der Waals surface area (Å²) in [5.41, 5.74) is 1.27. The Labute approximate surface area is 148 Å². The van der Waals surface area contributed by atoms with Crippen molar-refractivity contribution in [1.29, 1.82) is 0 Å². The molecule has 0 bridgehead atoms. The van der Waals surface area contributed by atoms with Crippen LogP contribution in [0.5, 0.6) is 0 Å². The number of carbonyl (C=O) groups excluding carboxylic acids is 2. The largest absolute Gasteiger partial charge is 0.345 e. The number of rotatable bonds is 4. The monoisotopic (exact) mass is 362 g/mol. The summed E-state index contributed by atoms with van der Waals surface area (Å²) in [5.74, 6) is -1.59. The quantitative estimate of drug-likeness (QED) is 0.859. The summed E-state index contributed by atoms with van der Waals surface area (Å²) in [7, 11) is 0. The van der Waals surface area contributed by atoms with Gasteiger partial charge in [0, 0.05) is 17.7 Å². The van der Waals surface area contributed by atoms with Gasteiger partial charge >= 0.3 is 0 Å². The van der Waals surface area contributed by atoms with Crippen molar-refractivity contribution in [2.24, 2.45) is 0 Å². The fourth-order valence-corrected chi connectivity index (χ4v) is 2.90. The Morgan fingerprint density at radius 2 is 1.88 bits per heavy atom. The van der Waals surface area contributed by atoms with Crippen LogP contribution < -0.4 is 10.6 Å². The Morgan fingerprint density at radius 3 is 2.62 bits per heavy atom. The molecule has 2 aromatic carbocycles. The molecule has 0 aliphatic carbocycles. The molecule has 0 saturated heterocycles. The first-order valence-electron chi connectivity index (χ1n) is 8.16. The summed E-state index contributed by atoms with van der Waals surface area (Å²) in [6, 6.07) is 7.70. The predicted octanol–water partition coefficient (Wildman–Crippen LogP) is 4.14. The molecule has 136 valence electrons. The second-order valence-corrected chi connectivity index (χ2v) is 6.20. The summed E-state index contributed by atoms with van der Waals surface area (Å²) in [5, 5.41) is 5.19. The molecule has 2 aromatic rings. The van der Waals surface area contributed by atoms with Crippen molar-refractivity contribution in [3.05, 3.63) is 64.5 Å². The molecule has 2 N–H and O–H groups in total. The number of halogens is 3. The third-order valence-corrected chi connectivity index (χ3v) is 4.34. The van der Waals surface area contributed by atoms with Gasteiger partial charge in [-0.2, -0.15) is 0 Å². The number of amides is 2. The normalized spacial score (nSPS) is 14.6. The van der Waals surface area contributed by atoms with Crippen LogP contribution in [0.15, 0.2) is 36.4 Å². The number of fused-ring (bicyclic) bond motifs is 1. The molecular weight excluding hydrogens is 345 g/mol. The molecule has 26 heavy (non-hydrogen) atoms. The van der Waals surface area contributed by atoms with Crippen LogP contribution in [-0.2, 0) is 11.2 Å². The molecule has 1 aliphatic heterocycles. The van der Waals surface area contributed by atoms with Crippen LogP contribution >= 0.6 is 0 Å². The number of nitrogens with one attached hydrogen (secondary N) is 2. The summed E-state index contributed by atoms with van der Waals surface area (Å²) in [6.45, 7) is 1.64. The summed E-state index contributed by atoms with van der Waals surface area (Å²) in [4.78, 5) is 23.8. The van der Waals surface area contributed by atoms with Gasteiger partial charge in [-0.25, -0.2) is 13.2 Å². The van der Waals surface area contributed by atoms with Crippen molar-refractivity contribution >= 4 is 17.5 Å². The van der Waals surface area contributed by atoms with Gasteiger partial charge in [0.15, 0.2) is 0 Å². The van der Waals surface area contributed by atoms with Gasteiger partial charge in [-0.15, -0.1) is 0 Å². The average molecular weight is 362 g/mol. The highest BCUT2D eigenvalue weighted by Gasteiger charge is 2.22. The highest BCUT2D eigenvalue weighted by atomic mass is 19.3. The molecule has 4 nitrogen and oxygen atoms in total. The van der Waals surface area contributed by atoms with Gasteiger partial charge in [-0.1, -0.05) is 18.2 Å². The Bertz CT molecular complexity index is 868. The van der Waals surface area contributed by atoms with E-state index in [0.29, 0.717) is 23.2 Å². The minimum atomic E-state index is -2.61. The average Bonchev–Trinajstić information content (AvgIpc) is 2.60. The van der Waals surface area contributed by atoms with E-state index < -0.39 is 24.2 Å². The zero-order valence-electron chi connectivity index (χ0n) is 14.0. The van der Waals surface area contributed by atoms with Crippen molar-refractivity contribution in [2.45, 2.75) is 32.2 Å². The molecule has 1 aliphatic rings. The molecule has 0 fully saturated rings. The number of hydrogen-bond donors (Lipinski definition) is 2. The molecule has 7 heteroatoms. The van der Waals surface area contributed by atoms with Crippen molar-refractivity contribution in [3.8, 4) is 0 Å². The fraction of sp³-hybridized carbons (Fsp3) is 0.263. The van der Waals surface area contributed by atoms with Crippen LogP contribution in [0, 0.1) is 5.82 Å². The zero-order valence-corrected chi connectivity index (χ0v) is 14.0. The van der Waals surface area contributed by atoms with E-state index in [1.165, 1.54) is 24.3 Å². The highest BCUT2D eigenvalue weighted by Crippen LogP contribution is 2.27. The summed E-state index contributed by atoms with van der Waals surface area (Å²) < 4.78 is 39.9. The number of anilines is 1. The van der Waals surface area contributed by atoms with E-state index in [4.69, 9.17) is 0 Å². The molecule has 1 heterocycles. The van der Waals surface area contributed by atoms with Crippen LogP contribution in [-0.4, -0.2) is 11.8 Å². The van der Waals surface area contributed by atoms with Gasteiger partial charge in [0.2, 0.25) is 5.91 Å². The van der Waals surface area contributed by atoms with E-state index in [9.17, 15) is 22.8 Å². The first kappa shape index (κ1) is 18.0. The van der Waals surface area contributed by atoms with E-state index in [-0.39, 0.29) is 23.5 Å². The van der Waals surface area contributed by atoms with Crippen LogP contribution in [0.25, 0.3) is 0 Å². The van der Waals surface area contributed by atoms with Gasteiger partial charge in [0.25, 0.3) is 12.3 Å². The molecule has 2 amide bonds. The topological polar surface area (TPSA) is 58.2 Å². The first-order chi connectivity index (χ1) is 12.3. The standard InChI is InChI=1S/C19H17F3N2O2/c1-10(11-3-2-4-13(7-11)18(21)22)23-19(26)14-8-12-5-6-17(25)24-16(12)9-15(14)20/h2-4,7-10,18H,5-6H2,1H3,(H,23,26)(H,24,25). The number of alkyl halides is 2. The second kappa shape index (κ2) is 7.19. The minimum Gasteiger partial charge on any atom is -0.345 e. The Balaban J connectivity index is 1.80. The van der Waals surface area contributed by atoms with Gasteiger partial charge in [0.05, 0.1) is 11.6 Å². The maximum atomic E-state index is 14.3. The smallest absolute Gasteiger partial charge is 0.263 e. The molecule has 3 rings (SSSR count). The number of aryl methyl sites for hydroxylation is 1. The van der Waals surface area contributed by atoms with Gasteiger partial charge in [-0.3, -0.25) is 9.59 Å². The van der Waals surface area contributed by atoms with Crippen molar-refractivity contribution < 1.29 is 22.8 Å². The van der Waals surface area contributed by atoms with Crippen LogP contribution in [0.4, 0.5) is 18.9 Å². The molecule has 1 atom stereocenters. The summed E-state index contributed by atoms with van der Waals surface area (Å²) >= 11 is 0. The lowest BCUT2D eigenvalue weighted by Crippen LogP contribution is -2.28. The van der Waals surface area contributed by atoms with Crippen molar-refractivity contribution in [1.82, 2.24) is 5.32 Å². The molecule has 0 radical (unpaired) electrons. The SMILES string of the molecule is CC(NC(=O)c1cc2c(cc1F)NC(=O)CC2)c1cccc(C(F)F)c1. The molecule has 1 unspecified atom stereocenters. The van der Waals surface area contributed by atoms with Crippen LogP contribution in [0.3, 0.4) is 0 Å². The number of benzene rings is 2. The van der Waals surface area contributed by atoms with Crippen molar-refractivity contribution in [3.63, 3.8) is 0 Å². The Kier molecular flexibility index (Phi) is 4.97. The molecule has 0 saturated carbocycles. The third kappa shape index (κ3) is 3.71. The zero-order chi connectivity index (χ0) is 18.8. The van der Waals surface area contributed by atoms with Gasteiger partial charge in [0.1, 0.15) is 5.82 Å². The molecule has 0 spiro atoms. The van der Waals surface area contributed by atoms with Crippen LogP contribution in [0.1, 0.15) is 52.9 Å². The van der Waals surface area contributed by atoms with Gasteiger partial charge in [-0.05, 0) is 42.7 Å². The summed E-state index contributed by atoms with van der Waals surface area (Å²) in [6.07, 6.45) is -1.91. The van der Waals surface area contributed by atoms with Gasteiger partial charge < -0.3 is 10.6 Å². The number of hydrogen-bond acceptors (Lipinski definition) is 2. The third-order valence-electron chi connectivity index (χ3n) is 4.34. The lowest BCUT2D eigenvalue weighted by atomic mass is 9.99. The van der Waals surface area contributed by atoms with E-state index in [1.807, 2.05) is 0 Å². The fourth-order valence-electron chi connectivity index (χ4n) is 2.90. The first-order valence-corrected chi connectivity index (χ1v) is 8.16. The second-order valence-electron chi connectivity index (χ2n) is 6.20. The Hall–Kier alpha value is -2.83. The van der Waals surface area contributed by atoms with E-state index >= 15 is 0 Å². The lowest BCUT2D eigenvalue weighted by molar-refractivity contribution is -0.116. The van der Waals surface area contributed by atoms with E-state index in [1.54, 1.807) is 13.0 Å². The maximum Gasteiger partial charge on any atom is 0.263 e. The number of carbonyl (C=O) groups is 2. The van der Waals surface area contributed by atoms with Crippen LogP contribution in [0.2, 0.25) is 0 Å². The Morgan fingerprint density at radius 1 is 1.15 bits per heavy atom.